The Bertz CT molecular complexity index is 1080. The molecule has 11 heteroatoms. The highest BCUT2D eigenvalue weighted by Gasteiger charge is 2.62. The van der Waals surface area contributed by atoms with Gasteiger partial charge in [0, 0.05) is 29.1 Å². The van der Waals surface area contributed by atoms with Crippen molar-refractivity contribution >= 4 is 46.6 Å². The van der Waals surface area contributed by atoms with Gasteiger partial charge in [-0.05, 0) is 29.3 Å². The van der Waals surface area contributed by atoms with Gasteiger partial charge in [-0.15, -0.1) is 0 Å². The van der Waals surface area contributed by atoms with Crippen molar-refractivity contribution in [2.45, 2.75) is 29.7 Å². The molecule has 2 aromatic carbocycles. The molecule has 0 saturated carbocycles. The van der Waals surface area contributed by atoms with Crippen LogP contribution in [-0.2, 0) is 21.9 Å². The second-order valence-corrected chi connectivity index (χ2v) is 8.60. The first-order valence-electron chi connectivity index (χ1n) is 8.48. The predicted octanol–water partition coefficient (Wildman–Crippen LogP) is 6.16. The summed E-state index contributed by atoms with van der Waals surface area (Å²) in [4.78, 5) is 16.4. The topological polar surface area (TPSA) is 58.9 Å². The standard InChI is InChI=1S/C19H11Cl2F4NO3S/c20-13-3-8(4-14(21)16(13)22)18(19(23,24)25)5-15(26-29-18)9-1-2-10(17(27)28)12-7-30-6-11(9)12/h1-4H,5-7H2,(H,27,28). The van der Waals surface area contributed by atoms with Crippen molar-refractivity contribution < 1.29 is 32.3 Å². The van der Waals surface area contributed by atoms with Crippen LogP contribution in [0.3, 0.4) is 0 Å². The van der Waals surface area contributed by atoms with Crippen LogP contribution in [0.15, 0.2) is 29.4 Å². The van der Waals surface area contributed by atoms with Crippen molar-refractivity contribution in [3.8, 4) is 0 Å². The molecule has 0 fully saturated rings. The van der Waals surface area contributed by atoms with Crippen LogP contribution in [0.25, 0.3) is 0 Å². The summed E-state index contributed by atoms with van der Waals surface area (Å²) in [6.45, 7) is 0. The van der Waals surface area contributed by atoms with Gasteiger partial charge in [-0.2, -0.15) is 24.9 Å². The van der Waals surface area contributed by atoms with Crippen LogP contribution in [0.2, 0.25) is 10.0 Å². The maximum Gasteiger partial charge on any atom is 0.435 e. The lowest BCUT2D eigenvalue weighted by molar-refractivity contribution is -0.275. The molecule has 2 aromatic rings. The third kappa shape index (κ3) is 3.23. The molecule has 1 N–H and O–H groups in total. The van der Waals surface area contributed by atoms with Crippen LogP contribution in [0, 0.1) is 5.82 Å². The molecule has 1 unspecified atom stereocenters. The molecular weight excluding hydrogens is 469 g/mol. The SMILES string of the molecule is O=C(O)c1ccc(C2=NOC(c3cc(Cl)c(F)c(Cl)c3)(C(F)(F)F)C2)c2c1CSC2. The molecule has 30 heavy (non-hydrogen) atoms. The van der Waals surface area contributed by atoms with Crippen LogP contribution < -0.4 is 0 Å². The maximum atomic E-state index is 14.1. The number of carboxylic acids is 1. The molecule has 0 aromatic heterocycles. The van der Waals surface area contributed by atoms with Gasteiger partial charge in [-0.3, -0.25) is 0 Å². The van der Waals surface area contributed by atoms with Crippen molar-refractivity contribution in [1.82, 2.24) is 0 Å². The van der Waals surface area contributed by atoms with Crippen molar-refractivity contribution in [3.63, 3.8) is 0 Å². The lowest BCUT2D eigenvalue weighted by Crippen LogP contribution is -2.42. The molecular formula is C19H11Cl2F4NO3S. The van der Waals surface area contributed by atoms with E-state index < -0.39 is 45.6 Å². The summed E-state index contributed by atoms with van der Waals surface area (Å²) in [6, 6.07) is 4.43. The van der Waals surface area contributed by atoms with Crippen LogP contribution in [0.1, 0.15) is 39.0 Å². The first kappa shape index (κ1) is 21.3. The van der Waals surface area contributed by atoms with Gasteiger partial charge in [0.05, 0.1) is 21.3 Å². The number of hydrogen-bond donors (Lipinski definition) is 1. The fourth-order valence-electron chi connectivity index (χ4n) is 3.59. The molecule has 2 aliphatic heterocycles. The van der Waals surface area contributed by atoms with E-state index in [0.717, 1.165) is 12.1 Å². The van der Waals surface area contributed by atoms with E-state index in [1.807, 2.05) is 0 Å². The fraction of sp³-hybridized carbons (Fsp3) is 0.263. The third-order valence-corrected chi connectivity index (χ3v) is 6.64. The summed E-state index contributed by atoms with van der Waals surface area (Å²) in [5.41, 5.74) is -1.67. The highest BCUT2D eigenvalue weighted by molar-refractivity contribution is 7.98. The number of aromatic carboxylic acids is 1. The quantitative estimate of drug-likeness (QED) is 0.423. The molecule has 158 valence electrons. The first-order chi connectivity index (χ1) is 14.0. The van der Waals surface area contributed by atoms with E-state index in [1.54, 1.807) is 0 Å². The molecule has 0 aliphatic carbocycles. The molecule has 4 rings (SSSR count). The predicted molar refractivity (Wildman–Crippen MR) is 105 cm³/mol. The van der Waals surface area contributed by atoms with Crippen molar-refractivity contribution in [2.24, 2.45) is 5.16 Å². The maximum absolute atomic E-state index is 14.1. The zero-order valence-corrected chi connectivity index (χ0v) is 17.1. The minimum Gasteiger partial charge on any atom is -0.478 e. The molecule has 0 saturated heterocycles. The Balaban J connectivity index is 1.79. The highest BCUT2D eigenvalue weighted by atomic mass is 35.5. The average molecular weight is 480 g/mol. The lowest BCUT2D eigenvalue weighted by Gasteiger charge is -2.29. The van der Waals surface area contributed by atoms with Gasteiger partial charge < -0.3 is 9.94 Å². The van der Waals surface area contributed by atoms with E-state index in [-0.39, 0.29) is 11.3 Å². The number of carbonyl (C=O) groups is 1. The number of fused-ring (bicyclic) bond motifs is 1. The van der Waals surface area contributed by atoms with Gasteiger partial charge in [0.15, 0.2) is 5.82 Å². The molecule has 0 bridgehead atoms. The Morgan fingerprint density at radius 2 is 1.80 bits per heavy atom. The van der Waals surface area contributed by atoms with Crippen LogP contribution in [-0.4, -0.2) is 23.0 Å². The molecule has 4 nitrogen and oxygen atoms in total. The van der Waals surface area contributed by atoms with Crippen molar-refractivity contribution in [2.75, 3.05) is 0 Å². The Morgan fingerprint density at radius 1 is 1.17 bits per heavy atom. The van der Waals surface area contributed by atoms with Gasteiger partial charge >= 0.3 is 12.1 Å². The van der Waals surface area contributed by atoms with Gasteiger partial charge in [-0.1, -0.05) is 34.4 Å². The number of benzene rings is 2. The van der Waals surface area contributed by atoms with E-state index in [0.29, 0.717) is 28.2 Å². The zero-order chi connectivity index (χ0) is 21.8. The van der Waals surface area contributed by atoms with Crippen molar-refractivity contribution in [3.05, 3.63) is 67.9 Å². The fourth-order valence-corrected chi connectivity index (χ4v) is 5.24. The summed E-state index contributed by atoms with van der Waals surface area (Å²) in [5, 5.41) is 11.9. The second-order valence-electron chi connectivity index (χ2n) is 6.80. The number of carboxylic acid groups (broad SMARTS) is 1. The average Bonchev–Trinajstić information content (AvgIpc) is 3.32. The normalized spacial score (nSPS) is 20.7. The molecule has 2 heterocycles. The van der Waals surface area contributed by atoms with Crippen LogP contribution in [0.4, 0.5) is 17.6 Å². The molecule has 1 atom stereocenters. The van der Waals surface area contributed by atoms with Crippen LogP contribution >= 0.6 is 35.0 Å². The minimum atomic E-state index is -4.92. The van der Waals surface area contributed by atoms with E-state index in [4.69, 9.17) is 28.0 Å². The van der Waals surface area contributed by atoms with Crippen molar-refractivity contribution in [1.29, 1.82) is 0 Å². The van der Waals surface area contributed by atoms with E-state index in [2.05, 4.69) is 5.16 Å². The summed E-state index contributed by atoms with van der Waals surface area (Å²) in [7, 11) is 0. The van der Waals surface area contributed by atoms with Gasteiger partial charge in [-0.25, -0.2) is 9.18 Å². The monoisotopic (exact) mass is 479 g/mol. The summed E-state index contributed by atoms with van der Waals surface area (Å²) in [5.74, 6) is -1.26. The van der Waals surface area contributed by atoms with E-state index in [9.17, 15) is 27.5 Å². The molecule has 0 amide bonds. The Morgan fingerprint density at radius 3 is 2.40 bits per heavy atom. The van der Waals surface area contributed by atoms with Gasteiger partial charge in [0.2, 0.25) is 0 Å². The zero-order valence-electron chi connectivity index (χ0n) is 14.8. The Hall–Kier alpha value is -1.97. The Labute approximate surface area is 181 Å². The van der Waals surface area contributed by atoms with Crippen LogP contribution in [0.5, 0.6) is 0 Å². The first-order valence-corrected chi connectivity index (χ1v) is 10.4. The summed E-state index contributed by atoms with van der Waals surface area (Å²) in [6.07, 6.45) is -5.61. The molecule has 2 aliphatic rings. The highest BCUT2D eigenvalue weighted by Crippen LogP contribution is 2.50. The lowest BCUT2D eigenvalue weighted by atomic mass is 9.85. The number of oxime groups is 1. The van der Waals surface area contributed by atoms with Gasteiger partial charge in [0.1, 0.15) is 0 Å². The number of halogens is 6. The van der Waals surface area contributed by atoms with E-state index in [1.165, 1.54) is 23.9 Å². The smallest absolute Gasteiger partial charge is 0.435 e. The number of hydrogen-bond acceptors (Lipinski definition) is 4. The number of thioether (sulfide) groups is 1. The summed E-state index contributed by atoms with van der Waals surface area (Å²) >= 11 is 12.9. The van der Waals surface area contributed by atoms with E-state index >= 15 is 0 Å². The molecule has 0 radical (unpaired) electrons. The third-order valence-electron chi connectivity index (χ3n) is 5.10. The number of nitrogens with zero attached hydrogens (tertiary/aromatic N) is 1. The largest absolute Gasteiger partial charge is 0.478 e. The van der Waals surface area contributed by atoms with Gasteiger partial charge in [0.25, 0.3) is 5.60 Å². The second kappa shape index (κ2) is 7.32. The molecule has 0 spiro atoms. The number of alkyl halides is 3. The number of rotatable bonds is 3. The Kier molecular flexibility index (Phi) is 5.19. The minimum absolute atomic E-state index is 0.0135. The summed E-state index contributed by atoms with van der Waals surface area (Å²) < 4.78 is 56.2.